The monoisotopic (exact) mass is 351 g/mol. The number of benzene rings is 2. The van der Waals surface area contributed by atoms with Crippen molar-refractivity contribution < 1.29 is 19.4 Å². The van der Waals surface area contributed by atoms with Crippen LogP contribution in [0.15, 0.2) is 40.9 Å². The van der Waals surface area contributed by atoms with Gasteiger partial charge in [0.05, 0.1) is 18.7 Å². The van der Waals surface area contributed by atoms with E-state index in [2.05, 4.69) is 21.2 Å². The molecule has 2 aromatic carbocycles. The number of rotatable bonds is 4. The first-order valence-corrected chi connectivity index (χ1v) is 6.86. The molecule has 0 aliphatic carbocycles. The second-order valence-electron chi connectivity index (χ2n) is 4.19. The Morgan fingerprint density at radius 3 is 2.33 bits per heavy atom. The number of methoxy groups -OCH3 is 2. The molecule has 2 aromatic rings. The molecule has 0 aromatic heterocycles. The first-order valence-electron chi connectivity index (χ1n) is 6.07. The van der Waals surface area contributed by atoms with Crippen LogP contribution in [-0.4, -0.2) is 25.2 Å². The number of aromatic hydroxyl groups is 1. The van der Waals surface area contributed by atoms with Gasteiger partial charge in [0.2, 0.25) is 0 Å². The Kier molecular flexibility index (Phi) is 4.70. The summed E-state index contributed by atoms with van der Waals surface area (Å²) in [6.45, 7) is 0. The Balaban J connectivity index is 2.18. The van der Waals surface area contributed by atoms with Gasteiger partial charge in [0.1, 0.15) is 5.75 Å². The highest BCUT2D eigenvalue weighted by atomic mass is 79.9. The van der Waals surface area contributed by atoms with Gasteiger partial charge in [-0.15, -0.1) is 0 Å². The van der Waals surface area contributed by atoms with Crippen LogP contribution in [0.5, 0.6) is 17.2 Å². The maximum absolute atomic E-state index is 12.1. The van der Waals surface area contributed by atoms with Crippen LogP contribution in [0.4, 0.5) is 5.69 Å². The molecule has 0 bridgehead atoms. The Morgan fingerprint density at radius 1 is 1.10 bits per heavy atom. The third kappa shape index (κ3) is 3.46. The molecule has 0 fully saturated rings. The molecule has 0 spiro atoms. The molecule has 0 heterocycles. The van der Waals surface area contributed by atoms with E-state index in [-0.39, 0.29) is 11.7 Å². The van der Waals surface area contributed by atoms with E-state index in [0.717, 1.165) is 4.47 Å². The third-order valence-electron chi connectivity index (χ3n) is 2.85. The maximum atomic E-state index is 12.1. The number of phenols is 1. The Hall–Kier alpha value is -2.21. The summed E-state index contributed by atoms with van der Waals surface area (Å²) in [6.07, 6.45) is 0. The fourth-order valence-corrected chi connectivity index (χ4v) is 2.32. The number of hydrogen-bond acceptors (Lipinski definition) is 4. The number of amides is 1. The number of carbonyl (C=O) groups is 1. The molecule has 0 unspecified atom stereocenters. The largest absolute Gasteiger partial charge is 0.504 e. The molecule has 2 rings (SSSR count). The van der Waals surface area contributed by atoms with Gasteiger partial charge in [0, 0.05) is 11.3 Å². The lowest BCUT2D eigenvalue weighted by Crippen LogP contribution is -2.11. The second kappa shape index (κ2) is 6.49. The van der Waals surface area contributed by atoms with Crippen molar-refractivity contribution in [2.24, 2.45) is 0 Å². The molecule has 21 heavy (non-hydrogen) atoms. The van der Waals surface area contributed by atoms with E-state index in [1.54, 1.807) is 31.4 Å². The van der Waals surface area contributed by atoms with Gasteiger partial charge in [-0.3, -0.25) is 4.79 Å². The highest BCUT2D eigenvalue weighted by molar-refractivity contribution is 9.10. The van der Waals surface area contributed by atoms with Crippen molar-refractivity contribution in [3.63, 3.8) is 0 Å². The van der Waals surface area contributed by atoms with Crippen LogP contribution in [0.3, 0.4) is 0 Å². The summed E-state index contributed by atoms with van der Waals surface area (Å²) < 4.78 is 10.8. The summed E-state index contributed by atoms with van der Waals surface area (Å²) in [4.78, 5) is 12.1. The molecule has 6 heteroatoms. The van der Waals surface area contributed by atoms with Crippen LogP contribution < -0.4 is 14.8 Å². The van der Waals surface area contributed by atoms with Gasteiger partial charge in [-0.25, -0.2) is 0 Å². The van der Waals surface area contributed by atoms with Gasteiger partial charge < -0.3 is 19.9 Å². The minimum atomic E-state index is -0.329. The Bertz CT molecular complexity index is 673. The van der Waals surface area contributed by atoms with Crippen LogP contribution in [0.2, 0.25) is 0 Å². The van der Waals surface area contributed by atoms with Crippen molar-refractivity contribution in [3.8, 4) is 17.2 Å². The first kappa shape index (κ1) is 15.2. The van der Waals surface area contributed by atoms with Gasteiger partial charge in [-0.1, -0.05) is 0 Å². The lowest BCUT2D eigenvalue weighted by atomic mass is 10.2. The summed E-state index contributed by atoms with van der Waals surface area (Å²) in [5.41, 5.74) is 0.947. The lowest BCUT2D eigenvalue weighted by Gasteiger charge is -2.09. The third-order valence-corrected chi connectivity index (χ3v) is 3.47. The van der Waals surface area contributed by atoms with Gasteiger partial charge >= 0.3 is 0 Å². The van der Waals surface area contributed by atoms with E-state index in [4.69, 9.17) is 9.47 Å². The van der Waals surface area contributed by atoms with Crippen LogP contribution in [-0.2, 0) is 0 Å². The zero-order chi connectivity index (χ0) is 15.4. The van der Waals surface area contributed by atoms with Gasteiger partial charge in [-0.05, 0) is 52.3 Å². The van der Waals surface area contributed by atoms with E-state index in [0.29, 0.717) is 22.7 Å². The average Bonchev–Trinajstić information content (AvgIpc) is 2.47. The molecule has 0 aliphatic rings. The smallest absolute Gasteiger partial charge is 0.255 e. The molecule has 110 valence electrons. The topological polar surface area (TPSA) is 67.8 Å². The predicted octanol–water partition coefficient (Wildman–Crippen LogP) is 3.42. The highest BCUT2D eigenvalue weighted by Crippen LogP contribution is 2.29. The summed E-state index contributed by atoms with van der Waals surface area (Å²) in [7, 11) is 3.02. The molecule has 2 N–H and O–H groups in total. The first-order chi connectivity index (χ1) is 10.0. The number of ether oxygens (including phenoxy) is 2. The fraction of sp³-hybridized carbons (Fsp3) is 0.133. The quantitative estimate of drug-likeness (QED) is 0.885. The van der Waals surface area contributed by atoms with Crippen LogP contribution in [0.25, 0.3) is 0 Å². The minimum absolute atomic E-state index is 0.0824. The maximum Gasteiger partial charge on any atom is 0.255 e. The van der Waals surface area contributed by atoms with E-state index >= 15 is 0 Å². The zero-order valence-corrected chi connectivity index (χ0v) is 13.1. The molecule has 1 amide bonds. The van der Waals surface area contributed by atoms with E-state index in [1.807, 2.05) is 0 Å². The molecule has 5 nitrogen and oxygen atoms in total. The Labute approximate surface area is 130 Å². The minimum Gasteiger partial charge on any atom is -0.504 e. The molecule has 0 radical (unpaired) electrons. The summed E-state index contributed by atoms with van der Waals surface area (Å²) >= 11 is 3.35. The predicted molar refractivity (Wildman–Crippen MR) is 83.3 cm³/mol. The molecule has 0 aliphatic heterocycles. The van der Waals surface area contributed by atoms with E-state index in [1.165, 1.54) is 19.2 Å². The van der Waals surface area contributed by atoms with Crippen molar-refractivity contribution in [2.45, 2.75) is 0 Å². The van der Waals surface area contributed by atoms with Crippen LogP contribution in [0, 0.1) is 0 Å². The molecule has 0 saturated heterocycles. The van der Waals surface area contributed by atoms with Crippen LogP contribution in [0.1, 0.15) is 10.4 Å². The second-order valence-corrected chi connectivity index (χ2v) is 5.04. The number of nitrogens with one attached hydrogen (secondary N) is 1. The standard InChI is InChI=1S/C15H14BrNO4/c1-20-13-6-4-10(8-11(13)16)17-15(19)9-3-5-14(21-2)12(18)7-9/h3-8,18H,1-2H3,(H,17,19). The summed E-state index contributed by atoms with van der Waals surface area (Å²) in [5, 5.41) is 12.4. The fourth-order valence-electron chi connectivity index (χ4n) is 1.78. The van der Waals surface area contributed by atoms with Crippen molar-refractivity contribution >= 4 is 27.5 Å². The van der Waals surface area contributed by atoms with Gasteiger partial charge in [0.25, 0.3) is 5.91 Å². The average molecular weight is 352 g/mol. The van der Waals surface area contributed by atoms with Crippen molar-refractivity contribution in [3.05, 3.63) is 46.4 Å². The number of carbonyl (C=O) groups excluding carboxylic acids is 1. The van der Waals surface area contributed by atoms with E-state index in [9.17, 15) is 9.90 Å². The van der Waals surface area contributed by atoms with Gasteiger partial charge in [-0.2, -0.15) is 0 Å². The number of phenolic OH excluding ortho intramolecular Hbond substituents is 1. The zero-order valence-electron chi connectivity index (χ0n) is 11.5. The Morgan fingerprint density at radius 2 is 1.76 bits per heavy atom. The number of hydrogen-bond donors (Lipinski definition) is 2. The number of anilines is 1. The van der Waals surface area contributed by atoms with Gasteiger partial charge in [0.15, 0.2) is 11.5 Å². The molecular formula is C15H14BrNO4. The normalized spacial score (nSPS) is 10.0. The molecular weight excluding hydrogens is 338 g/mol. The summed E-state index contributed by atoms with van der Waals surface area (Å²) in [6, 6.07) is 9.67. The molecule has 0 saturated carbocycles. The van der Waals surface area contributed by atoms with E-state index < -0.39 is 0 Å². The van der Waals surface area contributed by atoms with Crippen LogP contribution >= 0.6 is 15.9 Å². The van der Waals surface area contributed by atoms with Crippen molar-refractivity contribution in [2.75, 3.05) is 19.5 Å². The van der Waals surface area contributed by atoms with Crippen molar-refractivity contribution in [1.82, 2.24) is 0 Å². The van der Waals surface area contributed by atoms with Crippen molar-refractivity contribution in [1.29, 1.82) is 0 Å². The SMILES string of the molecule is COc1ccc(C(=O)Nc2ccc(OC)c(Br)c2)cc1O. The highest BCUT2D eigenvalue weighted by Gasteiger charge is 2.11. The lowest BCUT2D eigenvalue weighted by molar-refractivity contribution is 0.102. The molecule has 0 atom stereocenters. The summed E-state index contributed by atoms with van der Waals surface area (Å²) in [5.74, 6) is 0.583. The number of halogens is 1.